The fourth-order valence-corrected chi connectivity index (χ4v) is 1.80. The first-order valence-corrected chi connectivity index (χ1v) is 5.45. The van der Waals surface area contributed by atoms with Crippen molar-refractivity contribution in [3.63, 3.8) is 0 Å². The molecule has 0 aliphatic heterocycles. The van der Waals surface area contributed by atoms with Gasteiger partial charge in [0.05, 0.1) is 30.1 Å². The van der Waals surface area contributed by atoms with E-state index in [1.54, 1.807) is 12.5 Å². The first-order valence-electron chi connectivity index (χ1n) is 5.45. The molecule has 0 spiro atoms. The largest absolute Gasteiger partial charge is 0.323 e. The summed E-state index contributed by atoms with van der Waals surface area (Å²) in [5, 5.41) is 6.71. The van der Waals surface area contributed by atoms with Crippen LogP contribution in [-0.2, 0) is 0 Å². The van der Waals surface area contributed by atoms with E-state index in [0.29, 0.717) is 5.92 Å². The van der Waals surface area contributed by atoms with Crippen molar-refractivity contribution in [3.05, 3.63) is 30.6 Å². The van der Waals surface area contributed by atoms with Crippen LogP contribution in [0.3, 0.4) is 0 Å². The number of nitrogens with two attached hydrogens (primary N) is 1. The Hall–Kier alpha value is -1.62. The highest BCUT2D eigenvalue weighted by atomic mass is 15.2. The van der Waals surface area contributed by atoms with E-state index in [1.165, 1.54) is 0 Å². The number of imidazole rings is 1. The highest BCUT2D eigenvalue weighted by Gasteiger charge is 2.14. The molecular weight excluding hydrogens is 202 g/mol. The van der Waals surface area contributed by atoms with Gasteiger partial charge in [-0.3, -0.25) is 9.67 Å². The Morgan fingerprint density at radius 1 is 1.44 bits per heavy atom. The average molecular weight is 219 g/mol. The van der Waals surface area contributed by atoms with Crippen molar-refractivity contribution in [1.29, 1.82) is 0 Å². The predicted molar refractivity (Wildman–Crippen MR) is 62.1 cm³/mol. The SMILES string of the molecule is CC(C)CC(N)c1cncn1-c1cn[nH]c1. The third-order valence-corrected chi connectivity index (χ3v) is 2.53. The molecule has 0 aromatic carbocycles. The highest BCUT2D eigenvalue weighted by Crippen LogP contribution is 2.20. The Morgan fingerprint density at radius 3 is 2.88 bits per heavy atom. The van der Waals surface area contributed by atoms with Crippen LogP contribution in [0.2, 0.25) is 0 Å². The lowest BCUT2D eigenvalue weighted by atomic mass is 10.0. The van der Waals surface area contributed by atoms with Crippen molar-refractivity contribution in [2.75, 3.05) is 0 Å². The maximum atomic E-state index is 6.16. The van der Waals surface area contributed by atoms with Gasteiger partial charge >= 0.3 is 0 Å². The number of rotatable bonds is 4. The standard InChI is InChI=1S/C11H17N5/c1-8(2)3-10(12)11-6-13-7-16(11)9-4-14-15-5-9/h4-8,10H,3,12H2,1-2H3,(H,14,15). The van der Waals surface area contributed by atoms with E-state index in [2.05, 4.69) is 29.0 Å². The van der Waals surface area contributed by atoms with Gasteiger partial charge in [-0.25, -0.2) is 4.98 Å². The van der Waals surface area contributed by atoms with Crippen LogP contribution in [0.4, 0.5) is 0 Å². The van der Waals surface area contributed by atoms with Crippen LogP contribution in [0.25, 0.3) is 5.69 Å². The van der Waals surface area contributed by atoms with E-state index < -0.39 is 0 Å². The van der Waals surface area contributed by atoms with Crippen molar-refractivity contribution in [1.82, 2.24) is 19.7 Å². The molecule has 0 bridgehead atoms. The number of nitrogens with one attached hydrogen (secondary N) is 1. The molecule has 3 N–H and O–H groups in total. The Balaban J connectivity index is 2.26. The third kappa shape index (κ3) is 2.14. The van der Waals surface area contributed by atoms with Crippen LogP contribution in [0, 0.1) is 5.92 Å². The summed E-state index contributed by atoms with van der Waals surface area (Å²) in [4.78, 5) is 4.15. The maximum absolute atomic E-state index is 6.16. The summed E-state index contributed by atoms with van der Waals surface area (Å²) in [6.45, 7) is 4.33. The summed E-state index contributed by atoms with van der Waals surface area (Å²) in [6.07, 6.45) is 8.12. The van der Waals surface area contributed by atoms with Gasteiger partial charge in [-0.15, -0.1) is 0 Å². The summed E-state index contributed by atoms with van der Waals surface area (Å²) >= 11 is 0. The molecular formula is C11H17N5. The van der Waals surface area contributed by atoms with Crippen LogP contribution >= 0.6 is 0 Å². The molecule has 16 heavy (non-hydrogen) atoms. The lowest BCUT2D eigenvalue weighted by molar-refractivity contribution is 0.498. The Bertz CT molecular complexity index is 429. The van der Waals surface area contributed by atoms with Gasteiger partial charge in [0.25, 0.3) is 0 Å². The molecule has 2 heterocycles. The van der Waals surface area contributed by atoms with E-state index in [1.807, 2.05) is 17.0 Å². The molecule has 0 saturated carbocycles. The molecule has 0 aliphatic carbocycles. The summed E-state index contributed by atoms with van der Waals surface area (Å²) in [6, 6.07) is 0.0115. The molecule has 2 rings (SSSR count). The van der Waals surface area contributed by atoms with Crippen molar-refractivity contribution in [3.8, 4) is 5.69 Å². The zero-order chi connectivity index (χ0) is 11.5. The Labute approximate surface area is 94.7 Å². The van der Waals surface area contributed by atoms with Gasteiger partial charge in [0, 0.05) is 12.2 Å². The van der Waals surface area contributed by atoms with Gasteiger partial charge in [-0.1, -0.05) is 13.8 Å². The molecule has 0 aliphatic rings. The summed E-state index contributed by atoms with van der Waals surface area (Å²) in [5.74, 6) is 0.572. The van der Waals surface area contributed by atoms with E-state index in [9.17, 15) is 0 Å². The minimum Gasteiger partial charge on any atom is -0.323 e. The molecule has 5 heteroatoms. The normalized spacial score (nSPS) is 13.2. The Morgan fingerprint density at radius 2 is 2.25 bits per heavy atom. The highest BCUT2D eigenvalue weighted by molar-refractivity contribution is 5.28. The fraction of sp³-hybridized carbons (Fsp3) is 0.455. The quantitative estimate of drug-likeness (QED) is 0.821. The van der Waals surface area contributed by atoms with Gasteiger partial charge in [-0.05, 0) is 12.3 Å². The van der Waals surface area contributed by atoms with Crippen LogP contribution in [0.15, 0.2) is 24.9 Å². The molecule has 1 atom stereocenters. The fourth-order valence-electron chi connectivity index (χ4n) is 1.80. The molecule has 2 aromatic rings. The Kier molecular flexibility index (Phi) is 3.05. The van der Waals surface area contributed by atoms with Gasteiger partial charge < -0.3 is 5.73 Å². The number of aromatic amines is 1. The average Bonchev–Trinajstić information content (AvgIpc) is 2.87. The molecule has 0 amide bonds. The second-order valence-corrected chi connectivity index (χ2v) is 4.38. The van der Waals surface area contributed by atoms with E-state index >= 15 is 0 Å². The molecule has 0 radical (unpaired) electrons. The van der Waals surface area contributed by atoms with Crippen molar-refractivity contribution in [2.45, 2.75) is 26.3 Å². The number of H-pyrrole nitrogens is 1. The molecule has 0 saturated heterocycles. The zero-order valence-corrected chi connectivity index (χ0v) is 9.59. The zero-order valence-electron chi connectivity index (χ0n) is 9.59. The smallest absolute Gasteiger partial charge is 0.0995 e. The van der Waals surface area contributed by atoms with E-state index in [4.69, 9.17) is 5.73 Å². The first-order chi connectivity index (χ1) is 7.68. The molecule has 0 fully saturated rings. The van der Waals surface area contributed by atoms with E-state index in [-0.39, 0.29) is 6.04 Å². The molecule has 2 aromatic heterocycles. The van der Waals surface area contributed by atoms with Gasteiger partial charge in [0.15, 0.2) is 0 Å². The topological polar surface area (TPSA) is 72.5 Å². The van der Waals surface area contributed by atoms with Crippen molar-refractivity contribution in [2.24, 2.45) is 11.7 Å². The second kappa shape index (κ2) is 4.49. The minimum absolute atomic E-state index is 0.0115. The van der Waals surface area contributed by atoms with Crippen LogP contribution in [0.1, 0.15) is 32.0 Å². The number of nitrogens with zero attached hydrogens (tertiary/aromatic N) is 3. The van der Waals surface area contributed by atoms with E-state index in [0.717, 1.165) is 17.8 Å². The lowest BCUT2D eigenvalue weighted by Gasteiger charge is -2.15. The van der Waals surface area contributed by atoms with Crippen molar-refractivity contribution >= 4 is 0 Å². The first kappa shape index (κ1) is 10.9. The number of hydrogen-bond donors (Lipinski definition) is 2. The predicted octanol–water partition coefficient (Wildman–Crippen LogP) is 1.64. The number of aromatic nitrogens is 4. The number of hydrogen-bond acceptors (Lipinski definition) is 3. The summed E-state index contributed by atoms with van der Waals surface area (Å²) in [5.41, 5.74) is 8.14. The van der Waals surface area contributed by atoms with Crippen molar-refractivity contribution < 1.29 is 0 Å². The molecule has 1 unspecified atom stereocenters. The van der Waals surface area contributed by atoms with Crippen LogP contribution in [0.5, 0.6) is 0 Å². The maximum Gasteiger partial charge on any atom is 0.0995 e. The third-order valence-electron chi connectivity index (χ3n) is 2.53. The lowest BCUT2D eigenvalue weighted by Crippen LogP contribution is -2.16. The van der Waals surface area contributed by atoms with Gasteiger partial charge in [-0.2, -0.15) is 5.10 Å². The molecule has 5 nitrogen and oxygen atoms in total. The summed E-state index contributed by atoms with van der Waals surface area (Å²) < 4.78 is 1.97. The van der Waals surface area contributed by atoms with Crippen LogP contribution < -0.4 is 5.73 Å². The molecule has 86 valence electrons. The summed E-state index contributed by atoms with van der Waals surface area (Å²) in [7, 11) is 0. The van der Waals surface area contributed by atoms with Crippen LogP contribution in [-0.4, -0.2) is 19.7 Å². The van der Waals surface area contributed by atoms with Gasteiger partial charge in [0.1, 0.15) is 0 Å². The second-order valence-electron chi connectivity index (χ2n) is 4.38. The minimum atomic E-state index is 0.0115. The monoisotopic (exact) mass is 219 g/mol. The van der Waals surface area contributed by atoms with Gasteiger partial charge in [0.2, 0.25) is 0 Å².